The lowest BCUT2D eigenvalue weighted by molar-refractivity contribution is -0.580. The zero-order valence-electron chi connectivity index (χ0n) is 8.42. The molecule has 0 unspecified atom stereocenters. The molecule has 3 nitrogen and oxygen atoms in total. The molecule has 0 radical (unpaired) electrons. The van der Waals surface area contributed by atoms with E-state index in [4.69, 9.17) is 0 Å². The molecule has 1 aliphatic heterocycles. The molecule has 0 bridgehead atoms. The summed E-state index contributed by atoms with van der Waals surface area (Å²) in [6.45, 7) is 0. The Morgan fingerprint density at radius 1 is 0.900 bits per heavy atom. The molecule has 0 aliphatic carbocycles. The first-order chi connectivity index (χ1) is 8.52. The molecule has 0 amide bonds. The van der Waals surface area contributed by atoms with Gasteiger partial charge in [0.05, 0.1) is 0 Å². The molecule has 0 spiro atoms. The minimum Gasteiger partial charge on any atom is -0.278 e. The summed E-state index contributed by atoms with van der Waals surface area (Å²) in [4.78, 5) is 7.10. The van der Waals surface area contributed by atoms with Crippen LogP contribution in [0.3, 0.4) is 0 Å². The fourth-order valence-electron chi connectivity index (χ4n) is 1.16. The molecule has 0 saturated carbocycles. The summed E-state index contributed by atoms with van der Waals surface area (Å²) in [5.41, 5.74) is 0. The van der Waals surface area contributed by atoms with Crippen LogP contribution in [0.15, 0.2) is 0 Å². The number of hydrogen-bond donors (Lipinski definition) is 0. The molecule has 0 atom stereocenters. The van der Waals surface area contributed by atoms with E-state index in [2.05, 4.69) is 0 Å². The van der Waals surface area contributed by atoms with Gasteiger partial charge in [0, 0.05) is 15.9 Å². The van der Waals surface area contributed by atoms with Crippen molar-refractivity contribution >= 4 is 20.6 Å². The standard InChI is InChI=1S/C6BrF10NO2/c7-1(19)2(8,9)18-3(10,11)5(14,15)20-6(16,17)4(18,12)13. The third kappa shape index (κ3) is 2.07. The second-order valence-electron chi connectivity index (χ2n) is 3.37. The van der Waals surface area contributed by atoms with Crippen molar-refractivity contribution in [1.29, 1.82) is 0 Å². The molecule has 1 aliphatic rings. The second-order valence-corrected chi connectivity index (χ2v) is 4.09. The Labute approximate surface area is 110 Å². The highest BCUT2D eigenvalue weighted by molar-refractivity contribution is 9.18. The largest absolute Gasteiger partial charge is 0.439 e. The number of alkyl halides is 10. The van der Waals surface area contributed by atoms with E-state index in [0.29, 0.717) is 0 Å². The Morgan fingerprint density at radius 2 is 1.20 bits per heavy atom. The Bertz CT molecular complexity index is 411. The SMILES string of the molecule is O=C(Br)C(F)(F)N1C(F)(F)C(F)(F)OC(F)(F)C1(F)F. The van der Waals surface area contributed by atoms with Gasteiger partial charge in [-0.2, -0.15) is 43.9 Å². The summed E-state index contributed by atoms with van der Waals surface area (Å²) in [7, 11) is 0. The van der Waals surface area contributed by atoms with Gasteiger partial charge in [-0.3, -0.25) is 4.79 Å². The molecule has 1 saturated heterocycles. The third-order valence-electron chi connectivity index (χ3n) is 2.04. The van der Waals surface area contributed by atoms with Gasteiger partial charge < -0.3 is 0 Å². The zero-order valence-corrected chi connectivity index (χ0v) is 10.0. The van der Waals surface area contributed by atoms with Crippen LogP contribution in [0, 0.1) is 0 Å². The van der Waals surface area contributed by atoms with Crippen LogP contribution in [-0.2, 0) is 9.53 Å². The fourth-order valence-corrected chi connectivity index (χ4v) is 1.34. The normalized spacial score (nSPS) is 28.1. The summed E-state index contributed by atoms with van der Waals surface area (Å²) < 4.78 is 127. The lowest BCUT2D eigenvalue weighted by Gasteiger charge is -2.48. The average Bonchev–Trinajstić information content (AvgIpc) is 2.11. The Kier molecular flexibility index (Phi) is 3.65. The first-order valence-corrected chi connectivity index (χ1v) is 4.90. The number of rotatable bonds is 2. The van der Waals surface area contributed by atoms with Gasteiger partial charge in [-0.15, -0.1) is 0 Å². The zero-order chi connectivity index (χ0) is 16.4. The van der Waals surface area contributed by atoms with Gasteiger partial charge in [0.15, 0.2) is 0 Å². The van der Waals surface area contributed by atoms with Crippen molar-refractivity contribution in [2.24, 2.45) is 0 Å². The van der Waals surface area contributed by atoms with Crippen LogP contribution in [-0.4, -0.2) is 39.9 Å². The Hall–Kier alpha value is -0.630. The molecule has 0 aromatic rings. The number of ether oxygens (including phenoxy) is 1. The van der Waals surface area contributed by atoms with E-state index in [9.17, 15) is 48.7 Å². The molecule has 0 N–H and O–H groups in total. The quantitative estimate of drug-likeness (QED) is 0.414. The van der Waals surface area contributed by atoms with E-state index < -0.39 is 39.9 Å². The first kappa shape index (κ1) is 17.4. The highest BCUT2D eigenvalue weighted by atomic mass is 79.9. The van der Waals surface area contributed by atoms with E-state index in [1.165, 1.54) is 15.9 Å². The smallest absolute Gasteiger partial charge is 0.278 e. The highest BCUT2D eigenvalue weighted by Gasteiger charge is 2.87. The molecule has 14 heteroatoms. The number of hydrogen-bond acceptors (Lipinski definition) is 3. The minimum absolute atomic E-state index is 1.28. The van der Waals surface area contributed by atoms with Crippen LogP contribution in [0.25, 0.3) is 0 Å². The maximum Gasteiger partial charge on any atom is 0.439 e. The van der Waals surface area contributed by atoms with Crippen LogP contribution in [0.2, 0.25) is 0 Å². The van der Waals surface area contributed by atoms with Gasteiger partial charge in [0.25, 0.3) is 4.69 Å². The second kappa shape index (κ2) is 4.19. The number of carbonyl (C=O) groups excluding carboxylic acids is 1. The summed E-state index contributed by atoms with van der Waals surface area (Å²) in [5.74, 6) is 0. The topological polar surface area (TPSA) is 29.5 Å². The van der Waals surface area contributed by atoms with Crippen LogP contribution in [0.5, 0.6) is 0 Å². The van der Waals surface area contributed by atoms with Crippen molar-refractivity contribution in [3.63, 3.8) is 0 Å². The van der Waals surface area contributed by atoms with Crippen molar-refractivity contribution in [3.8, 4) is 0 Å². The fraction of sp³-hybridized carbons (Fsp3) is 0.833. The molecule has 0 aromatic carbocycles. The van der Waals surface area contributed by atoms with Gasteiger partial charge in [-0.25, -0.2) is 4.74 Å². The molecular formula is C6BrF10NO2. The number of carbonyl (C=O) groups is 1. The van der Waals surface area contributed by atoms with Gasteiger partial charge in [0.1, 0.15) is 0 Å². The van der Waals surface area contributed by atoms with Gasteiger partial charge in [0.2, 0.25) is 0 Å². The number of morpholine rings is 1. The predicted molar refractivity (Wildman–Crippen MR) is 41.6 cm³/mol. The van der Waals surface area contributed by atoms with E-state index >= 15 is 0 Å². The van der Waals surface area contributed by atoms with Crippen LogP contribution in [0.4, 0.5) is 43.9 Å². The molecule has 1 heterocycles. The van der Waals surface area contributed by atoms with Gasteiger partial charge in [-0.05, 0) is 0 Å². The first-order valence-electron chi connectivity index (χ1n) is 4.11. The van der Waals surface area contributed by atoms with Crippen LogP contribution >= 0.6 is 15.9 Å². The summed E-state index contributed by atoms with van der Waals surface area (Å²) in [6, 6.07) is -19.3. The van der Waals surface area contributed by atoms with Gasteiger partial charge in [-0.1, -0.05) is 4.90 Å². The van der Waals surface area contributed by atoms with E-state index in [0.717, 1.165) is 0 Å². The maximum absolute atomic E-state index is 13.0. The van der Waals surface area contributed by atoms with Gasteiger partial charge >= 0.3 is 30.4 Å². The highest BCUT2D eigenvalue weighted by Crippen LogP contribution is 2.58. The summed E-state index contributed by atoms with van der Waals surface area (Å²) in [5, 5.41) is 0. The van der Waals surface area contributed by atoms with E-state index in [1.54, 1.807) is 0 Å². The number of nitrogens with zero attached hydrogens (tertiary/aromatic N) is 1. The monoisotopic (exact) mass is 387 g/mol. The summed E-state index contributed by atoms with van der Waals surface area (Å²) >= 11 is 1.28. The minimum atomic E-state index is -6.61. The average molecular weight is 388 g/mol. The van der Waals surface area contributed by atoms with E-state index in [1.807, 2.05) is 4.74 Å². The van der Waals surface area contributed by atoms with E-state index in [-0.39, 0.29) is 0 Å². The Balaban J connectivity index is 3.60. The lowest BCUT2D eigenvalue weighted by atomic mass is 10.2. The van der Waals surface area contributed by atoms with Crippen molar-refractivity contribution in [1.82, 2.24) is 4.90 Å². The van der Waals surface area contributed by atoms with Crippen molar-refractivity contribution in [2.45, 2.75) is 30.4 Å². The predicted octanol–water partition coefficient (Wildman–Crippen LogP) is 3.20. The van der Waals surface area contributed by atoms with Crippen molar-refractivity contribution < 1.29 is 53.4 Å². The summed E-state index contributed by atoms with van der Waals surface area (Å²) in [6.07, 6.45) is -12.8. The molecule has 20 heavy (non-hydrogen) atoms. The molecule has 1 rings (SSSR count). The number of halogens is 11. The van der Waals surface area contributed by atoms with Crippen LogP contribution in [0.1, 0.15) is 0 Å². The molecule has 1 fully saturated rings. The maximum atomic E-state index is 13.0. The third-order valence-corrected chi connectivity index (χ3v) is 2.51. The molecule has 0 aromatic heterocycles. The molecule has 118 valence electrons. The lowest BCUT2D eigenvalue weighted by Crippen LogP contribution is -2.78. The van der Waals surface area contributed by atoms with Crippen molar-refractivity contribution in [2.75, 3.05) is 0 Å². The Morgan fingerprint density at radius 3 is 1.45 bits per heavy atom. The van der Waals surface area contributed by atoms with Crippen molar-refractivity contribution in [3.05, 3.63) is 0 Å². The molecular weight excluding hydrogens is 388 g/mol. The van der Waals surface area contributed by atoms with Crippen LogP contribution < -0.4 is 0 Å².